The standard InChI is InChI=1S/C23H31NO.ClH/c1-3-19-12-14-21(15-13-19)23(25,4-2)22(18-24-16-8-9-17-24)20-10-6-5-7-11-20;/h5-7,10-15,22,25H,3-4,8-9,16-18H2,1-2H3;1H. The predicted molar refractivity (Wildman–Crippen MR) is 112 cm³/mol. The molecule has 2 aromatic carbocycles. The maximum atomic E-state index is 11.8. The number of rotatable bonds is 7. The third-order valence-corrected chi connectivity index (χ3v) is 5.82. The van der Waals surface area contributed by atoms with E-state index in [-0.39, 0.29) is 18.3 Å². The van der Waals surface area contributed by atoms with Crippen LogP contribution in [0.1, 0.15) is 55.7 Å². The second-order valence-corrected chi connectivity index (χ2v) is 7.30. The molecule has 0 amide bonds. The van der Waals surface area contributed by atoms with Gasteiger partial charge in [0, 0.05) is 12.5 Å². The topological polar surface area (TPSA) is 23.5 Å². The SMILES string of the molecule is CCc1ccc(C(O)(CC)C(CN2CCCC2)c2ccccc2)cc1.Cl. The van der Waals surface area contributed by atoms with Gasteiger partial charge in [-0.1, -0.05) is 68.4 Å². The molecule has 1 aliphatic rings. The van der Waals surface area contributed by atoms with E-state index in [2.05, 4.69) is 73.3 Å². The van der Waals surface area contributed by atoms with Gasteiger partial charge in [-0.15, -0.1) is 12.4 Å². The van der Waals surface area contributed by atoms with Crippen molar-refractivity contribution in [2.24, 2.45) is 0 Å². The maximum Gasteiger partial charge on any atom is 0.0974 e. The van der Waals surface area contributed by atoms with Gasteiger partial charge in [-0.3, -0.25) is 0 Å². The summed E-state index contributed by atoms with van der Waals surface area (Å²) in [5.74, 6) is 0.0873. The number of likely N-dealkylation sites (tertiary alicyclic amines) is 1. The Morgan fingerprint density at radius 2 is 1.58 bits per heavy atom. The van der Waals surface area contributed by atoms with E-state index in [4.69, 9.17) is 0 Å². The average molecular weight is 374 g/mol. The van der Waals surface area contributed by atoms with E-state index in [0.29, 0.717) is 6.42 Å². The van der Waals surface area contributed by atoms with Crippen LogP contribution in [-0.4, -0.2) is 29.6 Å². The predicted octanol–water partition coefficient (Wildman–Crippen LogP) is 5.15. The summed E-state index contributed by atoms with van der Waals surface area (Å²) in [6.45, 7) is 7.49. The van der Waals surface area contributed by atoms with Crippen LogP contribution in [0.2, 0.25) is 0 Å². The van der Waals surface area contributed by atoms with Crippen LogP contribution in [0.3, 0.4) is 0 Å². The second kappa shape index (κ2) is 9.55. The van der Waals surface area contributed by atoms with Gasteiger partial charge in [0.2, 0.25) is 0 Å². The van der Waals surface area contributed by atoms with Gasteiger partial charge in [-0.2, -0.15) is 0 Å². The number of halogens is 1. The Bertz CT molecular complexity index is 652. The lowest BCUT2D eigenvalue weighted by molar-refractivity contribution is -0.00675. The van der Waals surface area contributed by atoms with Crippen molar-refractivity contribution in [2.45, 2.75) is 51.0 Å². The normalized spacial score (nSPS) is 18.1. The van der Waals surface area contributed by atoms with Gasteiger partial charge >= 0.3 is 0 Å². The second-order valence-electron chi connectivity index (χ2n) is 7.30. The Balaban J connectivity index is 0.00000243. The van der Waals surface area contributed by atoms with Crippen LogP contribution in [0.25, 0.3) is 0 Å². The Kier molecular flexibility index (Phi) is 7.69. The van der Waals surface area contributed by atoms with Crippen LogP contribution in [0.4, 0.5) is 0 Å². The molecule has 2 atom stereocenters. The van der Waals surface area contributed by atoms with Gasteiger partial charge < -0.3 is 10.0 Å². The zero-order valence-corrected chi connectivity index (χ0v) is 16.8. The van der Waals surface area contributed by atoms with Gasteiger partial charge in [0.1, 0.15) is 0 Å². The highest BCUT2D eigenvalue weighted by atomic mass is 35.5. The van der Waals surface area contributed by atoms with Crippen LogP contribution in [0.15, 0.2) is 54.6 Å². The summed E-state index contributed by atoms with van der Waals surface area (Å²) in [4.78, 5) is 2.51. The number of benzene rings is 2. The first-order chi connectivity index (χ1) is 12.2. The number of hydrogen-bond acceptors (Lipinski definition) is 2. The first-order valence-electron chi connectivity index (χ1n) is 9.76. The molecule has 1 saturated heterocycles. The minimum absolute atomic E-state index is 0. The molecule has 26 heavy (non-hydrogen) atoms. The zero-order chi connectivity index (χ0) is 17.7. The fraction of sp³-hybridized carbons (Fsp3) is 0.478. The van der Waals surface area contributed by atoms with E-state index in [1.165, 1.54) is 24.0 Å². The largest absolute Gasteiger partial charge is 0.384 e. The zero-order valence-electron chi connectivity index (χ0n) is 16.0. The summed E-state index contributed by atoms with van der Waals surface area (Å²) in [6, 6.07) is 19.1. The molecular weight excluding hydrogens is 342 g/mol. The van der Waals surface area contributed by atoms with Gasteiger partial charge in [-0.25, -0.2) is 0 Å². The molecular formula is C23H32ClNO. The van der Waals surface area contributed by atoms with Crippen LogP contribution < -0.4 is 0 Å². The van der Waals surface area contributed by atoms with Gasteiger partial charge in [-0.05, 0) is 55.5 Å². The van der Waals surface area contributed by atoms with Crippen LogP contribution in [0.5, 0.6) is 0 Å². The highest BCUT2D eigenvalue weighted by Gasteiger charge is 2.39. The number of aliphatic hydroxyl groups is 1. The fourth-order valence-electron chi connectivity index (χ4n) is 4.12. The molecule has 2 unspecified atom stereocenters. The molecule has 0 aliphatic carbocycles. The Morgan fingerprint density at radius 3 is 2.12 bits per heavy atom. The molecule has 3 heteroatoms. The molecule has 2 aromatic rings. The molecule has 0 radical (unpaired) electrons. The molecule has 1 aliphatic heterocycles. The van der Waals surface area contributed by atoms with Crippen molar-refractivity contribution >= 4 is 12.4 Å². The minimum Gasteiger partial charge on any atom is -0.384 e. The molecule has 142 valence electrons. The Labute approximate surface area is 164 Å². The number of hydrogen-bond donors (Lipinski definition) is 1. The smallest absolute Gasteiger partial charge is 0.0974 e. The minimum atomic E-state index is -0.837. The van der Waals surface area contributed by atoms with Crippen molar-refractivity contribution in [1.29, 1.82) is 0 Å². The third kappa shape index (κ3) is 4.49. The summed E-state index contributed by atoms with van der Waals surface area (Å²) in [5, 5.41) is 11.8. The molecule has 0 spiro atoms. The van der Waals surface area contributed by atoms with E-state index in [1.54, 1.807) is 0 Å². The van der Waals surface area contributed by atoms with Crippen molar-refractivity contribution in [3.05, 3.63) is 71.3 Å². The van der Waals surface area contributed by atoms with Crippen molar-refractivity contribution in [3.63, 3.8) is 0 Å². The van der Waals surface area contributed by atoms with Crippen molar-refractivity contribution in [2.75, 3.05) is 19.6 Å². The third-order valence-electron chi connectivity index (χ3n) is 5.82. The van der Waals surface area contributed by atoms with E-state index < -0.39 is 5.60 Å². The van der Waals surface area contributed by atoms with Gasteiger partial charge in [0.15, 0.2) is 0 Å². The first-order valence-corrected chi connectivity index (χ1v) is 9.76. The summed E-state index contributed by atoms with van der Waals surface area (Å²) in [5.41, 5.74) is 2.76. The average Bonchev–Trinajstić information content (AvgIpc) is 3.19. The molecule has 0 aromatic heterocycles. The lowest BCUT2D eigenvalue weighted by Crippen LogP contribution is -2.40. The summed E-state index contributed by atoms with van der Waals surface area (Å²) in [6.07, 6.45) is 4.29. The van der Waals surface area contributed by atoms with Crippen molar-refractivity contribution in [3.8, 4) is 0 Å². The maximum absolute atomic E-state index is 11.8. The van der Waals surface area contributed by atoms with Gasteiger partial charge in [0.25, 0.3) is 0 Å². The molecule has 1 N–H and O–H groups in total. The number of aryl methyl sites for hydroxylation is 1. The molecule has 1 fully saturated rings. The van der Waals surface area contributed by atoms with E-state index in [9.17, 15) is 5.11 Å². The van der Waals surface area contributed by atoms with Crippen molar-refractivity contribution < 1.29 is 5.11 Å². The molecule has 0 saturated carbocycles. The summed E-state index contributed by atoms with van der Waals surface area (Å²) < 4.78 is 0. The van der Waals surface area contributed by atoms with Gasteiger partial charge in [0.05, 0.1) is 5.60 Å². The van der Waals surface area contributed by atoms with E-state index >= 15 is 0 Å². The monoisotopic (exact) mass is 373 g/mol. The first kappa shape index (κ1) is 21.0. The quantitative estimate of drug-likeness (QED) is 0.725. The van der Waals surface area contributed by atoms with Crippen LogP contribution >= 0.6 is 12.4 Å². The van der Waals surface area contributed by atoms with Crippen LogP contribution in [0, 0.1) is 0 Å². The lowest BCUT2D eigenvalue weighted by Gasteiger charge is -2.38. The molecule has 2 nitrogen and oxygen atoms in total. The molecule has 0 bridgehead atoms. The molecule has 3 rings (SSSR count). The Hall–Kier alpha value is -1.35. The number of nitrogens with zero attached hydrogens (tertiary/aromatic N) is 1. The summed E-state index contributed by atoms with van der Waals surface area (Å²) >= 11 is 0. The molecule has 1 heterocycles. The van der Waals surface area contributed by atoms with E-state index in [1.807, 2.05) is 0 Å². The summed E-state index contributed by atoms with van der Waals surface area (Å²) in [7, 11) is 0. The van der Waals surface area contributed by atoms with Crippen molar-refractivity contribution in [1.82, 2.24) is 4.90 Å². The Morgan fingerprint density at radius 1 is 0.962 bits per heavy atom. The highest BCUT2D eigenvalue weighted by Crippen LogP contribution is 2.40. The lowest BCUT2D eigenvalue weighted by atomic mass is 9.75. The highest BCUT2D eigenvalue weighted by molar-refractivity contribution is 5.85. The van der Waals surface area contributed by atoms with Crippen LogP contribution in [-0.2, 0) is 12.0 Å². The van der Waals surface area contributed by atoms with E-state index in [0.717, 1.165) is 31.6 Å². The fourth-order valence-corrected chi connectivity index (χ4v) is 4.12.